The van der Waals surface area contributed by atoms with Gasteiger partial charge >= 0.3 is 0 Å². The van der Waals surface area contributed by atoms with Crippen molar-refractivity contribution >= 4 is 39.5 Å². The SMILES string of the molecule is CO[C@]1(C=O)/C=C/C[C@H](C)[C@@H](C)S(=O)(=O)NC(=O)c2ccc3c(c2)N(C[C@@H]2CC[C@H]21)C[C@@]1(CCCc2cc(Cl)ccc21)CO3. The first kappa shape index (κ1) is 31.1. The van der Waals surface area contributed by atoms with Crippen LogP contribution in [0.1, 0.15) is 67.4 Å². The number of carbonyl (C=O) groups is 2. The molecule has 1 amide bonds. The first-order valence-corrected chi connectivity index (χ1v) is 17.5. The fourth-order valence-electron chi connectivity index (χ4n) is 7.68. The van der Waals surface area contributed by atoms with Crippen LogP contribution in [-0.2, 0) is 31.4 Å². The maximum absolute atomic E-state index is 13.4. The smallest absolute Gasteiger partial charge is 0.264 e. The van der Waals surface area contributed by atoms with Crippen LogP contribution in [-0.4, -0.2) is 58.3 Å². The van der Waals surface area contributed by atoms with Crippen molar-refractivity contribution in [1.82, 2.24) is 4.72 Å². The van der Waals surface area contributed by atoms with Crippen LogP contribution in [0.25, 0.3) is 0 Å². The van der Waals surface area contributed by atoms with E-state index < -0.39 is 26.8 Å². The van der Waals surface area contributed by atoms with Gasteiger partial charge in [0, 0.05) is 42.1 Å². The maximum atomic E-state index is 13.4. The average Bonchev–Trinajstić information content (AvgIpc) is 3.14. The lowest BCUT2D eigenvalue weighted by Crippen LogP contribution is -2.53. The first-order valence-electron chi connectivity index (χ1n) is 15.6. The number of nitrogens with zero attached hydrogens (tertiary/aromatic N) is 1. The number of halogens is 1. The second kappa shape index (κ2) is 11.8. The van der Waals surface area contributed by atoms with Crippen molar-refractivity contribution in [3.05, 3.63) is 70.3 Å². The lowest BCUT2D eigenvalue weighted by molar-refractivity contribution is -0.135. The number of allylic oxidation sites excluding steroid dienone is 1. The number of hydrogen-bond acceptors (Lipinski definition) is 7. The van der Waals surface area contributed by atoms with Crippen molar-refractivity contribution in [2.75, 3.05) is 31.7 Å². The highest BCUT2D eigenvalue weighted by Crippen LogP contribution is 2.48. The van der Waals surface area contributed by atoms with Crippen molar-refractivity contribution in [3.63, 3.8) is 0 Å². The molecule has 6 atom stereocenters. The Morgan fingerprint density at radius 1 is 1.16 bits per heavy atom. The van der Waals surface area contributed by atoms with Gasteiger partial charge in [0.15, 0.2) is 6.29 Å². The number of anilines is 1. The van der Waals surface area contributed by atoms with E-state index >= 15 is 0 Å². The van der Waals surface area contributed by atoms with E-state index in [1.807, 2.05) is 25.1 Å². The Morgan fingerprint density at radius 2 is 1.98 bits per heavy atom. The molecular weight excluding hydrogens is 600 g/mol. The number of amides is 1. The van der Waals surface area contributed by atoms with E-state index in [-0.39, 0.29) is 28.7 Å². The van der Waals surface area contributed by atoms with Gasteiger partial charge in [-0.2, -0.15) is 0 Å². The summed E-state index contributed by atoms with van der Waals surface area (Å²) >= 11 is 6.40. The Bertz CT molecular complexity index is 1590. The predicted octanol–water partition coefficient (Wildman–Crippen LogP) is 5.47. The minimum Gasteiger partial charge on any atom is -0.490 e. The van der Waals surface area contributed by atoms with Crippen LogP contribution in [0.5, 0.6) is 5.75 Å². The van der Waals surface area contributed by atoms with Gasteiger partial charge in [-0.05, 0) is 105 Å². The number of aryl methyl sites for hydroxylation is 1. The van der Waals surface area contributed by atoms with Crippen molar-refractivity contribution in [1.29, 1.82) is 0 Å². The zero-order valence-corrected chi connectivity index (χ0v) is 27.1. The molecule has 1 spiro atoms. The number of ether oxygens (including phenoxy) is 2. The summed E-state index contributed by atoms with van der Waals surface area (Å²) in [4.78, 5) is 28.4. The van der Waals surface area contributed by atoms with E-state index in [0.717, 1.165) is 44.1 Å². The quantitative estimate of drug-likeness (QED) is 0.343. The maximum Gasteiger partial charge on any atom is 0.264 e. The van der Waals surface area contributed by atoms with Crippen molar-refractivity contribution < 1.29 is 27.5 Å². The number of nitrogens with one attached hydrogen (secondary N) is 1. The van der Waals surface area contributed by atoms with Gasteiger partial charge < -0.3 is 14.4 Å². The normalized spacial score (nSPS) is 33.9. The second-order valence-electron chi connectivity index (χ2n) is 13.2. The molecule has 0 unspecified atom stereocenters. The zero-order valence-electron chi connectivity index (χ0n) is 25.6. The fraction of sp³-hybridized carbons (Fsp3) is 0.529. The largest absolute Gasteiger partial charge is 0.490 e. The summed E-state index contributed by atoms with van der Waals surface area (Å²) in [6.45, 7) is 5.17. The number of sulfonamides is 1. The highest BCUT2D eigenvalue weighted by Gasteiger charge is 2.49. The molecule has 4 aliphatic rings. The summed E-state index contributed by atoms with van der Waals surface area (Å²) < 4.78 is 41.3. The summed E-state index contributed by atoms with van der Waals surface area (Å²) in [7, 11) is -2.41. The molecule has 1 N–H and O–H groups in total. The van der Waals surface area contributed by atoms with Crippen molar-refractivity contribution in [2.24, 2.45) is 17.8 Å². The van der Waals surface area contributed by atoms with E-state index in [0.29, 0.717) is 36.9 Å². The summed E-state index contributed by atoms with van der Waals surface area (Å²) in [5.41, 5.74) is 2.05. The Morgan fingerprint density at radius 3 is 2.70 bits per heavy atom. The van der Waals surface area contributed by atoms with E-state index in [1.54, 1.807) is 32.2 Å². The number of methoxy groups -OCH3 is 1. The summed E-state index contributed by atoms with van der Waals surface area (Å²) in [6.07, 6.45) is 9.65. The van der Waals surface area contributed by atoms with Crippen LogP contribution in [0.15, 0.2) is 48.6 Å². The van der Waals surface area contributed by atoms with E-state index in [9.17, 15) is 18.0 Å². The molecule has 6 rings (SSSR count). The molecule has 0 saturated heterocycles. The molecule has 0 radical (unpaired) electrons. The van der Waals surface area contributed by atoms with Crippen LogP contribution in [0.3, 0.4) is 0 Å². The Kier molecular flexibility index (Phi) is 8.35. The highest BCUT2D eigenvalue weighted by molar-refractivity contribution is 7.90. The molecule has 0 aromatic heterocycles. The number of hydrogen-bond donors (Lipinski definition) is 1. The first-order chi connectivity index (χ1) is 21.0. The third kappa shape index (κ3) is 5.45. The molecule has 1 fully saturated rings. The van der Waals surface area contributed by atoms with Crippen LogP contribution in [0, 0.1) is 17.8 Å². The number of carbonyl (C=O) groups excluding carboxylic acids is 2. The Hall–Kier alpha value is -2.88. The lowest BCUT2D eigenvalue weighted by Gasteiger charge is -2.48. The van der Waals surface area contributed by atoms with E-state index in [1.165, 1.54) is 11.1 Å². The van der Waals surface area contributed by atoms with E-state index in [4.69, 9.17) is 21.1 Å². The summed E-state index contributed by atoms with van der Waals surface area (Å²) in [5, 5.41) is -0.123. The van der Waals surface area contributed by atoms with Crippen molar-refractivity contribution in [2.45, 2.75) is 68.6 Å². The third-order valence-corrected chi connectivity index (χ3v) is 12.8. The molecule has 2 aliphatic heterocycles. The van der Waals surface area contributed by atoms with Gasteiger partial charge in [0.05, 0.1) is 17.5 Å². The van der Waals surface area contributed by atoms with Crippen LogP contribution >= 0.6 is 11.6 Å². The van der Waals surface area contributed by atoms with Gasteiger partial charge in [-0.25, -0.2) is 13.1 Å². The van der Waals surface area contributed by atoms with Crippen LogP contribution < -0.4 is 14.4 Å². The van der Waals surface area contributed by atoms with Gasteiger partial charge in [0.25, 0.3) is 5.91 Å². The molecule has 2 heterocycles. The number of rotatable bonds is 2. The van der Waals surface area contributed by atoms with Gasteiger partial charge in [-0.3, -0.25) is 9.59 Å². The number of aldehydes is 1. The minimum atomic E-state index is -3.97. The average molecular weight is 641 g/mol. The Labute approximate surface area is 265 Å². The molecule has 10 heteroatoms. The molecule has 8 nitrogen and oxygen atoms in total. The Balaban J connectivity index is 1.46. The van der Waals surface area contributed by atoms with Gasteiger partial charge in [0.2, 0.25) is 10.0 Å². The molecule has 44 heavy (non-hydrogen) atoms. The molecular formula is C34H41ClN2O6S. The molecule has 1 saturated carbocycles. The third-order valence-electron chi connectivity index (χ3n) is 10.7. The van der Waals surface area contributed by atoms with Gasteiger partial charge in [0.1, 0.15) is 11.4 Å². The molecule has 2 aliphatic carbocycles. The van der Waals surface area contributed by atoms with Crippen LogP contribution in [0.2, 0.25) is 5.02 Å². The highest BCUT2D eigenvalue weighted by atomic mass is 35.5. The minimum absolute atomic E-state index is 0.0434. The molecule has 2 bridgehead atoms. The van der Waals surface area contributed by atoms with Crippen LogP contribution in [0.4, 0.5) is 5.69 Å². The lowest BCUT2D eigenvalue weighted by atomic mass is 9.64. The predicted molar refractivity (Wildman–Crippen MR) is 171 cm³/mol. The molecule has 236 valence electrons. The number of benzene rings is 2. The van der Waals surface area contributed by atoms with Gasteiger partial charge in [-0.15, -0.1) is 0 Å². The zero-order chi connectivity index (χ0) is 31.3. The topological polar surface area (TPSA) is 102 Å². The standard InChI is InChI=1S/C34H41ClN2O6S/c1-22-6-4-15-34(20-38,42-3)29-11-8-26(29)18-37-19-33(14-5-7-24-16-27(35)10-12-28(24)33)21-43-31-13-9-25(17-30(31)37)32(39)36-44(40,41)23(22)2/h4,9-10,12-13,15-17,20,22-23,26,29H,5-8,11,14,18-19,21H2,1-3H3,(H,36,39)/b15-4+/t22-,23+,26-,29+,33-,34-/m0/s1. The van der Waals surface area contributed by atoms with E-state index in [2.05, 4.69) is 21.8 Å². The fourth-order valence-corrected chi connectivity index (χ4v) is 9.16. The molecule has 2 aromatic rings. The monoisotopic (exact) mass is 640 g/mol. The molecule has 2 aromatic carbocycles. The summed E-state index contributed by atoms with van der Waals surface area (Å²) in [6, 6.07) is 11.3. The van der Waals surface area contributed by atoms with Crippen molar-refractivity contribution in [3.8, 4) is 5.75 Å². The number of fused-ring (bicyclic) bond motifs is 4. The van der Waals surface area contributed by atoms with Gasteiger partial charge in [-0.1, -0.05) is 30.7 Å². The second-order valence-corrected chi connectivity index (χ2v) is 15.7. The summed E-state index contributed by atoms with van der Waals surface area (Å²) in [5.74, 6) is -0.203.